The van der Waals surface area contributed by atoms with Crippen molar-refractivity contribution in [1.29, 1.82) is 0 Å². The van der Waals surface area contributed by atoms with Crippen LogP contribution in [0.5, 0.6) is 0 Å². The summed E-state index contributed by atoms with van der Waals surface area (Å²) >= 11 is 0. The molecular formula is C14H25NO. The van der Waals surface area contributed by atoms with Gasteiger partial charge in [-0.2, -0.15) is 0 Å². The zero-order chi connectivity index (χ0) is 12.3. The molecule has 2 heteroatoms. The predicted octanol–water partition coefficient (Wildman–Crippen LogP) is 3.41. The van der Waals surface area contributed by atoms with E-state index in [-0.39, 0.29) is 11.3 Å². The molecule has 1 amide bonds. The van der Waals surface area contributed by atoms with Gasteiger partial charge in [-0.05, 0) is 31.1 Å². The van der Waals surface area contributed by atoms with Gasteiger partial charge in [-0.3, -0.25) is 4.79 Å². The summed E-state index contributed by atoms with van der Waals surface area (Å²) < 4.78 is 0. The van der Waals surface area contributed by atoms with Crippen molar-refractivity contribution in [2.45, 2.75) is 59.8 Å². The van der Waals surface area contributed by atoms with Gasteiger partial charge in [0, 0.05) is 5.57 Å². The van der Waals surface area contributed by atoms with E-state index in [9.17, 15) is 4.79 Å². The molecule has 0 aromatic carbocycles. The number of hydrogen-bond acceptors (Lipinski definition) is 1. The summed E-state index contributed by atoms with van der Waals surface area (Å²) in [5, 5.41) is 0. The predicted molar refractivity (Wildman–Crippen MR) is 67.9 cm³/mol. The molecule has 0 saturated heterocycles. The number of primary amides is 1. The molecule has 0 unspecified atom stereocenters. The first-order chi connectivity index (χ1) is 7.34. The van der Waals surface area contributed by atoms with E-state index in [0.29, 0.717) is 5.92 Å². The molecule has 1 fully saturated rings. The number of carbonyl (C=O) groups excluding carboxylic acids is 1. The fourth-order valence-corrected chi connectivity index (χ4v) is 3.01. The number of nitrogens with two attached hydrogens (primary N) is 1. The Morgan fingerprint density at radius 1 is 1.12 bits per heavy atom. The van der Waals surface area contributed by atoms with Crippen LogP contribution in [0.15, 0.2) is 11.1 Å². The van der Waals surface area contributed by atoms with Crippen LogP contribution in [0, 0.1) is 11.3 Å². The average molecular weight is 223 g/mol. The van der Waals surface area contributed by atoms with Crippen LogP contribution in [0.4, 0.5) is 0 Å². The number of rotatable bonds is 2. The van der Waals surface area contributed by atoms with Crippen LogP contribution in [0.3, 0.4) is 0 Å². The second kappa shape index (κ2) is 5.03. The van der Waals surface area contributed by atoms with E-state index in [0.717, 1.165) is 5.57 Å². The summed E-state index contributed by atoms with van der Waals surface area (Å²) in [5.74, 6) is 0.316. The van der Waals surface area contributed by atoms with Crippen molar-refractivity contribution < 1.29 is 4.79 Å². The van der Waals surface area contributed by atoms with Gasteiger partial charge in [-0.15, -0.1) is 0 Å². The van der Waals surface area contributed by atoms with Gasteiger partial charge >= 0.3 is 0 Å². The van der Waals surface area contributed by atoms with E-state index in [1.54, 1.807) is 0 Å². The molecule has 1 aliphatic carbocycles. The lowest BCUT2D eigenvalue weighted by molar-refractivity contribution is -0.114. The number of allylic oxidation sites excluding steroid dienone is 1. The van der Waals surface area contributed by atoms with Crippen molar-refractivity contribution in [3.05, 3.63) is 11.1 Å². The molecule has 0 spiro atoms. The van der Waals surface area contributed by atoms with Crippen LogP contribution in [0.25, 0.3) is 0 Å². The van der Waals surface area contributed by atoms with Gasteiger partial charge in [0.15, 0.2) is 0 Å². The van der Waals surface area contributed by atoms with Gasteiger partial charge in [-0.1, -0.05) is 45.6 Å². The molecule has 0 atom stereocenters. The molecule has 0 aromatic rings. The summed E-state index contributed by atoms with van der Waals surface area (Å²) in [6.45, 7) is 8.44. The average Bonchev–Trinajstić information content (AvgIpc) is 2.17. The molecule has 1 aliphatic rings. The lowest BCUT2D eigenvalue weighted by atomic mass is 9.71. The minimum Gasteiger partial charge on any atom is -0.366 e. The lowest BCUT2D eigenvalue weighted by Gasteiger charge is -2.34. The Bertz CT molecular complexity index is 290. The van der Waals surface area contributed by atoms with Crippen molar-refractivity contribution in [1.82, 2.24) is 0 Å². The Labute approximate surface area is 99.3 Å². The van der Waals surface area contributed by atoms with E-state index in [1.165, 1.54) is 37.7 Å². The molecule has 16 heavy (non-hydrogen) atoms. The van der Waals surface area contributed by atoms with E-state index in [1.807, 2.05) is 6.92 Å². The molecule has 0 aliphatic heterocycles. The summed E-state index contributed by atoms with van der Waals surface area (Å²) in [6, 6.07) is 0. The Hall–Kier alpha value is -0.790. The van der Waals surface area contributed by atoms with E-state index < -0.39 is 0 Å². The third-order valence-corrected chi connectivity index (χ3v) is 3.60. The second-order valence-electron chi connectivity index (χ2n) is 5.99. The molecule has 2 nitrogen and oxygen atoms in total. The van der Waals surface area contributed by atoms with Crippen molar-refractivity contribution in [2.75, 3.05) is 0 Å². The van der Waals surface area contributed by atoms with Crippen LogP contribution < -0.4 is 5.73 Å². The third kappa shape index (κ3) is 3.10. The van der Waals surface area contributed by atoms with Gasteiger partial charge in [0.2, 0.25) is 5.91 Å². The maximum absolute atomic E-state index is 11.4. The maximum Gasteiger partial charge on any atom is 0.244 e. The number of amides is 1. The molecule has 92 valence electrons. The minimum atomic E-state index is -0.254. The third-order valence-electron chi connectivity index (χ3n) is 3.60. The number of carbonyl (C=O) groups is 1. The summed E-state index contributed by atoms with van der Waals surface area (Å²) in [5.41, 5.74) is 7.58. The minimum absolute atomic E-state index is 0.0567. The maximum atomic E-state index is 11.4. The molecule has 0 aromatic heterocycles. The van der Waals surface area contributed by atoms with Crippen LogP contribution in [0.2, 0.25) is 0 Å². The molecule has 0 bridgehead atoms. The van der Waals surface area contributed by atoms with Crippen molar-refractivity contribution in [3.63, 3.8) is 0 Å². The van der Waals surface area contributed by atoms with E-state index in [4.69, 9.17) is 5.73 Å². The van der Waals surface area contributed by atoms with Crippen LogP contribution in [-0.4, -0.2) is 5.91 Å². The number of hydrogen-bond donors (Lipinski definition) is 1. The highest BCUT2D eigenvalue weighted by atomic mass is 16.1. The van der Waals surface area contributed by atoms with Crippen LogP contribution in [0.1, 0.15) is 59.8 Å². The molecule has 0 radical (unpaired) electrons. The quantitative estimate of drug-likeness (QED) is 0.716. The highest BCUT2D eigenvalue weighted by molar-refractivity contribution is 5.92. The van der Waals surface area contributed by atoms with Gasteiger partial charge in [0.1, 0.15) is 0 Å². The molecule has 2 N–H and O–H groups in total. The van der Waals surface area contributed by atoms with Crippen LogP contribution in [-0.2, 0) is 4.79 Å². The standard InChI is InChI=1S/C14H25NO/c1-10(13(15)16)12(14(2,3)4)11-8-6-5-7-9-11/h11H,5-9H2,1-4H3,(H2,15,16). The zero-order valence-corrected chi connectivity index (χ0v) is 11.1. The van der Waals surface area contributed by atoms with Crippen molar-refractivity contribution in [3.8, 4) is 0 Å². The highest BCUT2D eigenvalue weighted by Gasteiger charge is 2.29. The first-order valence-electron chi connectivity index (χ1n) is 6.35. The Kier molecular flexibility index (Phi) is 4.17. The fourth-order valence-electron chi connectivity index (χ4n) is 3.01. The summed E-state index contributed by atoms with van der Waals surface area (Å²) in [4.78, 5) is 11.4. The largest absolute Gasteiger partial charge is 0.366 e. The van der Waals surface area contributed by atoms with Gasteiger partial charge < -0.3 is 5.73 Å². The molecule has 1 saturated carbocycles. The monoisotopic (exact) mass is 223 g/mol. The SMILES string of the molecule is CC(C(N)=O)=C(C1CCCCC1)C(C)(C)C. The van der Waals surface area contributed by atoms with Gasteiger partial charge in [0.05, 0.1) is 0 Å². The van der Waals surface area contributed by atoms with Gasteiger partial charge in [-0.25, -0.2) is 0 Å². The summed E-state index contributed by atoms with van der Waals surface area (Å²) in [7, 11) is 0. The fraction of sp³-hybridized carbons (Fsp3) is 0.786. The second-order valence-corrected chi connectivity index (χ2v) is 5.99. The molecular weight excluding hydrogens is 198 g/mol. The topological polar surface area (TPSA) is 43.1 Å². The molecule has 1 rings (SSSR count). The normalized spacial score (nSPS) is 20.5. The van der Waals surface area contributed by atoms with Crippen molar-refractivity contribution >= 4 is 5.91 Å². The lowest BCUT2D eigenvalue weighted by Crippen LogP contribution is -2.26. The van der Waals surface area contributed by atoms with E-state index >= 15 is 0 Å². The Morgan fingerprint density at radius 2 is 1.62 bits per heavy atom. The first-order valence-corrected chi connectivity index (χ1v) is 6.35. The van der Waals surface area contributed by atoms with Crippen LogP contribution >= 0.6 is 0 Å². The van der Waals surface area contributed by atoms with Crippen molar-refractivity contribution in [2.24, 2.45) is 17.1 Å². The highest BCUT2D eigenvalue weighted by Crippen LogP contribution is 2.40. The van der Waals surface area contributed by atoms with E-state index in [2.05, 4.69) is 20.8 Å². The summed E-state index contributed by atoms with van der Waals surface area (Å²) in [6.07, 6.45) is 6.35. The zero-order valence-electron chi connectivity index (χ0n) is 11.1. The smallest absolute Gasteiger partial charge is 0.244 e. The Balaban J connectivity index is 3.05. The van der Waals surface area contributed by atoms with Gasteiger partial charge in [0.25, 0.3) is 0 Å². The Morgan fingerprint density at radius 3 is 2.00 bits per heavy atom. The molecule has 0 heterocycles. The first kappa shape index (κ1) is 13.3.